The third-order valence-electron chi connectivity index (χ3n) is 4.06. The molecule has 4 heterocycles. The maximum atomic E-state index is 4.42. The molecule has 6 heteroatoms. The zero-order chi connectivity index (χ0) is 19.3. The van der Waals surface area contributed by atoms with Gasteiger partial charge in [0.15, 0.2) is 11.6 Å². The fraction of sp³-hybridized carbons (Fsp3) is 0.0909. The number of nitrogens with zero attached hydrogens (tertiary/aromatic N) is 6. The molecule has 0 spiro atoms. The SMILES string of the molecule is Cn1ccnc1C#Cc1ccnc(-c2cc(C#Cc3nccn3C)ccn2)c1. The Morgan fingerprint density at radius 1 is 0.607 bits per heavy atom. The van der Waals surface area contributed by atoms with Gasteiger partial charge in [0.05, 0.1) is 11.4 Å². The molecule has 0 aliphatic heterocycles. The van der Waals surface area contributed by atoms with E-state index in [4.69, 9.17) is 0 Å². The Morgan fingerprint density at radius 2 is 1.07 bits per heavy atom. The molecule has 0 aromatic carbocycles. The summed E-state index contributed by atoms with van der Waals surface area (Å²) in [6.07, 6.45) is 10.6. The predicted molar refractivity (Wildman–Crippen MR) is 106 cm³/mol. The van der Waals surface area contributed by atoms with Crippen LogP contribution in [0, 0.1) is 23.7 Å². The maximum Gasteiger partial charge on any atom is 0.185 e. The maximum absolute atomic E-state index is 4.42. The third-order valence-corrected chi connectivity index (χ3v) is 4.06. The van der Waals surface area contributed by atoms with Crippen LogP contribution in [0.25, 0.3) is 11.4 Å². The molecule has 134 valence electrons. The number of aryl methyl sites for hydroxylation is 2. The van der Waals surface area contributed by atoms with Crippen molar-refractivity contribution in [2.75, 3.05) is 0 Å². The van der Waals surface area contributed by atoms with E-state index in [1.54, 1.807) is 24.8 Å². The second kappa shape index (κ2) is 7.61. The largest absolute Gasteiger partial charge is 0.327 e. The molecule has 0 amide bonds. The summed E-state index contributed by atoms with van der Waals surface area (Å²) < 4.78 is 3.75. The van der Waals surface area contributed by atoms with Crippen molar-refractivity contribution in [1.82, 2.24) is 29.1 Å². The monoisotopic (exact) mass is 364 g/mol. The molecule has 4 aromatic heterocycles. The number of aromatic nitrogens is 6. The van der Waals surface area contributed by atoms with E-state index in [9.17, 15) is 0 Å². The van der Waals surface area contributed by atoms with Crippen molar-refractivity contribution < 1.29 is 0 Å². The molecule has 0 N–H and O–H groups in total. The van der Waals surface area contributed by atoms with Crippen LogP contribution >= 0.6 is 0 Å². The highest BCUT2D eigenvalue weighted by Gasteiger charge is 2.03. The van der Waals surface area contributed by atoms with Gasteiger partial charge in [0.25, 0.3) is 0 Å². The van der Waals surface area contributed by atoms with Crippen molar-refractivity contribution in [3.8, 4) is 35.1 Å². The van der Waals surface area contributed by atoms with Crippen molar-refractivity contribution in [2.45, 2.75) is 0 Å². The average molecular weight is 364 g/mol. The first kappa shape index (κ1) is 17.3. The van der Waals surface area contributed by atoms with Crippen LogP contribution < -0.4 is 0 Å². The standard InChI is InChI=1S/C22H16N6/c1-27-13-11-25-21(27)5-3-17-7-9-23-19(15-17)20-16-18(8-10-24-20)4-6-22-26-12-14-28(22)2/h7-16H,1-2H3. The van der Waals surface area contributed by atoms with E-state index >= 15 is 0 Å². The lowest BCUT2D eigenvalue weighted by Crippen LogP contribution is -1.92. The Balaban J connectivity index is 1.62. The summed E-state index contributed by atoms with van der Waals surface area (Å²) in [5, 5.41) is 0. The first-order valence-electron chi connectivity index (χ1n) is 8.60. The predicted octanol–water partition coefficient (Wildman–Crippen LogP) is 2.41. The minimum atomic E-state index is 0.711. The molecule has 0 aliphatic carbocycles. The highest BCUT2D eigenvalue weighted by atomic mass is 15.0. The molecule has 0 saturated heterocycles. The van der Waals surface area contributed by atoms with Gasteiger partial charge in [0.2, 0.25) is 0 Å². The van der Waals surface area contributed by atoms with E-state index in [1.807, 2.05) is 59.9 Å². The fourth-order valence-corrected chi connectivity index (χ4v) is 2.52. The summed E-state index contributed by atoms with van der Waals surface area (Å²) in [7, 11) is 3.83. The second-order valence-corrected chi connectivity index (χ2v) is 6.08. The molecule has 0 bridgehead atoms. The normalized spacial score (nSPS) is 9.93. The van der Waals surface area contributed by atoms with E-state index in [0.717, 1.165) is 22.5 Å². The molecule has 6 nitrogen and oxygen atoms in total. The quantitative estimate of drug-likeness (QED) is 0.487. The zero-order valence-corrected chi connectivity index (χ0v) is 15.5. The van der Waals surface area contributed by atoms with Gasteiger partial charge in [-0.1, -0.05) is 11.8 Å². The van der Waals surface area contributed by atoms with Crippen molar-refractivity contribution in [3.05, 3.63) is 84.2 Å². The summed E-state index contributed by atoms with van der Waals surface area (Å²) >= 11 is 0. The van der Waals surface area contributed by atoms with Gasteiger partial charge in [-0.25, -0.2) is 9.97 Å². The van der Waals surface area contributed by atoms with Gasteiger partial charge < -0.3 is 9.13 Å². The van der Waals surface area contributed by atoms with Crippen molar-refractivity contribution in [2.24, 2.45) is 14.1 Å². The van der Waals surface area contributed by atoms with Gasteiger partial charge in [-0.05, 0) is 36.1 Å². The number of pyridine rings is 2. The Kier molecular flexibility index (Phi) is 4.69. The number of hydrogen-bond donors (Lipinski definition) is 0. The lowest BCUT2D eigenvalue weighted by molar-refractivity contribution is 0.893. The minimum Gasteiger partial charge on any atom is -0.327 e. The van der Waals surface area contributed by atoms with Gasteiger partial charge in [0.1, 0.15) is 0 Å². The van der Waals surface area contributed by atoms with Gasteiger partial charge in [-0.2, -0.15) is 0 Å². The Labute approximate surface area is 163 Å². The number of hydrogen-bond acceptors (Lipinski definition) is 4. The van der Waals surface area contributed by atoms with Gasteiger partial charge >= 0.3 is 0 Å². The minimum absolute atomic E-state index is 0.711. The molecule has 28 heavy (non-hydrogen) atoms. The van der Waals surface area contributed by atoms with Gasteiger partial charge in [-0.15, -0.1) is 0 Å². The van der Waals surface area contributed by atoms with Crippen LogP contribution in [0.2, 0.25) is 0 Å². The molecule has 4 rings (SSSR count). The smallest absolute Gasteiger partial charge is 0.185 e. The lowest BCUT2D eigenvalue weighted by atomic mass is 10.1. The molecule has 0 fully saturated rings. The van der Waals surface area contributed by atoms with Crippen LogP contribution in [0.3, 0.4) is 0 Å². The van der Waals surface area contributed by atoms with Gasteiger partial charge in [0, 0.05) is 62.4 Å². The summed E-state index contributed by atoms with van der Waals surface area (Å²) in [5.41, 5.74) is 3.18. The Hall–Kier alpha value is -4.16. The molecule has 0 unspecified atom stereocenters. The first-order chi connectivity index (χ1) is 13.7. The van der Waals surface area contributed by atoms with Crippen LogP contribution in [-0.2, 0) is 14.1 Å². The molecular formula is C22H16N6. The fourth-order valence-electron chi connectivity index (χ4n) is 2.52. The van der Waals surface area contributed by atoms with Gasteiger partial charge in [-0.3, -0.25) is 9.97 Å². The number of imidazole rings is 2. The van der Waals surface area contributed by atoms with E-state index < -0.39 is 0 Å². The summed E-state index contributed by atoms with van der Waals surface area (Å²) in [6, 6.07) is 7.55. The zero-order valence-electron chi connectivity index (χ0n) is 15.5. The van der Waals surface area contributed by atoms with Crippen LogP contribution in [0.4, 0.5) is 0 Å². The highest BCUT2D eigenvalue weighted by Crippen LogP contribution is 2.16. The van der Waals surface area contributed by atoms with E-state index in [2.05, 4.69) is 43.6 Å². The average Bonchev–Trinajstić information content (AvgIpc) is 3.33. The summed E-state index contributed by atoms with van der Waals surface area (Å²) in [5.74, 6) is 13.8. The number of rotatable bonds is 1. The first-order valence-corrected chi connectivity index (χ1v) is 8.60. The van der Waals surface area contributed by atoms with Crippen LogP contribution in [0.15, 0.2) is 61.4 Å². The topological polar surface area (TPSA) is 61.4 Å². The van der Waals surface area contributed by atoms with E-state index in [0.29, 0.717) is 11.6 Å². The molecular weight excluding hydrogens is 348 g/mol. The molecule has 4 aromatic rings. The van der Waals surface area contributed by atoms with E-state index in [1.165, 1.54) is 0 Å². The van der Waals surface area contributed by atoms with Crippen molar-refractivity contribution in [1.29, 1.82) is 0 Å². The Morgan fingerprint density at radius 3 is 1.46 bits per heavy atom. The van der Waals surface area contributed by atoms with Crippen LogP contribution in [0.5, 0.6) is 0 Å². The third kappa shape index (κ3) is 3.82. The lowest BCUT2D eigenvalue weighted by Gasteiger charge is -2.01. The Bertz CT molecular complexity index is 1160. The van der Waals surface area contributed by atoms with Crippen molar-refractivity contribution in [3.63, 3.8) is 0 Å². The molecule has 0 atom stereocenters. The molecule has 0 radical (unpaired) electrons. The van der Waals surface area contributed by atoms with Crippen LogP contribution in [0.1, 0.15) is 22.8 Å². The summed E-state index contributed by atoms with van der Waals surface area (Å²) in [6.45, 7) is 0. The summed E-state index contributed by atoms with van der Waals surface area (Å²) in [4.78, 5) is 17.3. The van der Waals surface area contributed by atoms with Crippen LogP contribution in [-0.4, -0.2) is 29.1 Å². The molecule has 0 saturated carbocycles. The molecule has 0 aliphatic rings. The van der Waals surface area contributed by atoms with Crippen molar-refractivity contribution >= 4 is 0 Å². The second-order valence-electron chi connectivity index (χ2n) is 6.08. The highest BCUT2D eigenvalue weighted by molar-refractivity contribution is 5.59. The van der Waals surface area contributed by atoms with E-state index in [-0.39, 0.29) is 0 Å².